The molecule has 4 aromatic rings. The molecule has 1 amide bonds. The second-order valence-corrected chi connectivity index (χ2v) is 6.97. The minimum atomic E-state index is -0.208. The van der Waals surface area contributed by atoms with E-state index in [9.17, 15) is 4.79 Å². The number of anilines is 1. The van der Waals surface area contributed by atoms with Crippen molar-refractivity contribution in [2.45, 2.75) is 20.3 Å². The van der Waals surface area contributed by atoms with Gasteiger partial charge in [-0.05, 0) is 55.0 Å². The molecule has 0 aliphatic carbocycles. The van der Waals surface area contributed by atoms with Gasteiger partial charge in [0.05, 0.1) is 11.3 Å². The summed E-state index contributed by atoms with van der Waals surface area (Å²) in [5, 5.41) is 2.89. The maximum atomic E-state index is 12.7. The van der Waals surface area contributed by atoms with Crippen molar-refractivity contribution < 1.29 is 9.53 Å². The molecule has 31 heavy (non-hydrogen) atoms. The molecule has 0 saturated heterocycles. The summed E-state index contributed by atoms with van der Waals surface area (Å²) in [6, 6.07) is 20.3. The largest absolute Gasteiger partial charge is 0.438 e. The summed E-state index contributed by atoms with van der Waals surface area (Å²) < 4.78 is 6.16. The molecule has 2 aromatic heterocycles. The van der Waals surface area contributed by atoms with Crippen LogP contribution in [-0.2, 0) is 6.42 Å². The number of rotatable bonds is 6. The van der Waals surface area contributed by atoms with Gasteiger partial charge < -0.3 is 10.1 Å². The third-order valence-corrected chi connectivity index (χ3v) is 4.76. The molecule has 4 rings (SSSR count). The molecule has 2 aromatic carbocycles. The molecule has 154 valence electrons. The fourth-order valence-corrected chi connectivity index (χ4v) is 3.07. The standard InChI is InChI=1S/C25H22N4O2/c1-3-23-26-15-13-21(29-23)20-10-7-14-27-25(20)31-22-16-18(12-11-17(22)2)24(30)28-19-8-5-4-6-9-19/h4-16H,3H2,1-2H3,(H,28,30). The second kappa shape index (κ2) is 9.17. The van der Waals surface area contributed by atoms with Gasteiger partial charge in [0.15, 0.2) is 0 Å². The number of hydrogen-bond donors (Lipinski definition) is 1. The average molecular weight is 410 g/mol. The minimum absolute atomic E-state index is 0.208. The number of aryl methyl sites for hydroxylation is 2. The zero-order valence-electron chi connectivity index (χ0n) is 17.4. The molecule has 0 fully saturated rings. The summed E-state index contributed by atoms with van der Waals surface area (Å²) in [5.41, 5.74) is 3.63. The lowest BCUT2D eigenvalue weighted by Crippen LogP contribution is -2.12. The molecule has 0 radical (unpaired) electrons. The van der Waals surface area contributed by atoms with Crippen LogP contribution < -0.4 is 10.1 Å². The number of hydrogen-bond acceptors (Lipinski definition) is 5. The fourth-order valence-electron chi connectivity index (χ4n) is 3.07. The highest BCUT2D eigenvalue weighted by Gasteiger charge is 2.14. The lowest BCUT2D eigenvalue weighted by molar-refractivity contribution is 0.102. The maximum absolute atomic E-state index is 12.7. The summed E-state index contributed by atoms with van der Waals surface area (Å²) in [7, 11) is 0. The highest BCUT2D eigenvalue weighted by Crippen LogP contribution is 2.32. The number of nitrogens with zero attached hydrogens (tertiary/aromatic N) is 3. The maximum Gasteiger partial charge on any atom is 0.255 e. The number of nitrogens with one attached hydrogen (secondary N) is 1. The van der Waals surface area contributed by atoms with Crippen LogP contribution in [0.4, 0.5) is 5.69 Å². The third-order valence-electron chi connectivity index (χ3n) is 4.76. The fraction of sp³-hybridized carbons (Fsp3) is 0.120. The van der Waals surface area contributed by atoms with Gasteiger partial charge in [0.25, 0.3) is 5.91 Å². The number of amides is 1. The molecule has 0 unspecified atom stereocenters. The van der Waals surface area contributed by atoms with Crippen molar-refractivity contribution in [2.24, 2.45) is 0 Å². The van der Waals surface area contributed by atoms with Gasteiger partial charge >= 0.3 is 0 Å². The first kappa shape index (κ1) is 20.2. The molecular formula is C25H22N4O2. The lowest BCUT2D eigenvalue weighted by atomic mass is 10.1. The number of carbonyl (C=O) groups excluding carboxylic acids is 1. The number of ether oxygens (including phenoxy) is 1. The van der Waals surface area contributed by atoms with Crippen molar-refractivity contribution in [2.75, 3.05) is 5.32 Å². The number of para-hydroxylation sites is 1. The predicted molar refractivity (Wildman–Crippen MR) is 120 cm³/mol. The summed E-state index contributed by atoms with van der Waals surface area (Å²) >= 11 is 0. The van der Waals surface area contributed by atoms with Crippen LogP contribution in [0.2, 0.25) is 0 Å². The quantitative estimate of drug-likeness (QED) is 0.457. The molecule has 0 aliphatic rings. The Hall–Kier alpha value is -4.06. The molecule has 0 atom stereocenters. The first-order valence-corrected chi connectivity index (χ1v) is 10.1. The molecule has 2 heterocycles. The van der Waals surface area contributed by atoms with E-state index >= 15 is 0 Å². The number of aromatic nitrogens is 3. The summed E-state index contributed by atoms with van der Waals surface area (Å²) in [5.74, 6) is 1.53. The van der Waals surface area contributed by atoms with Gasteiger partial charge in [-0.15, -0.1) is 0 Å². The first-order valence-electron chi connectivity index (χ1n) is 10.1. The van der Waals surface area contributed by atoms with E-state index < -0.39 is 0 Å². The van der Waals surface area contributed by atoms with Gasteiger partial charge in [0, 0.05) is 30.1 Å². The Kier molecular flexibility index (Phi) is 5.98. The molecular weight excluding hydrogens is 388 g/mol. The van der Waals surface area contributed by atoms with Crippen molar-refractivity contribution in [3.05, 3.63) is 96.1 Å². The molecule has 0 aliphatic heterocycles. The van der Waals surface area contributed by atoms with Gasteiger partial charge in [-0.1, -0.05) is 31.2 Å². The van der Waals surface area contributed by atoms with Crippen LogP contribution in [0.5, 0.6) is 11.6 Å². The molecule has 6 nitrogen and oxygen atoms in total. The molecule has 0 spiro atoms. The second-order valence-electron chi connectivity index (χ2n) is 6.97. The van der Waals surface area contributed by atoms with E-state index in [1.54, 1.807) is 24.5 Å². The average Bonchev–Trinajstić information content (AvgIpc) is 2.81. The van der Waals surface area contributed by atoms with E-state index in [2.05, 4.69) is 20.3 Å². The Bertz CT molecular complexity index is 1210. The number of benzene rings is 2. The van der Waals surface area contributed by atoms with E-state index in [-0.39, 0.29) is 5.91 Å². The van der Waals surface area contributed by atoms with E-state index in [0.717, 1.165) is 34.8 Å². The molecule has 6 heteroatoms. The summed E-state index contributed by atoms with van der Waals surface area (Å²) in [6.07, 6.45) is 4.14. The van der Waals surface area contributed by atoms with Crippen LogP contribution in [0.15, 0.2) is 79.1 Å². The van der Waals surface area contributed by atoms with Gasteiger partial charge in [0.1, 0.15) is 11.6 Å². The Morgan fingerprint density at radius 2 is 1.81 bits per heavy atom. The smallest absolute Gasteiger partial charge is 0.255 e. The van der Waals surface area contributed by atoms with E-state index in [0.29, 0.717) is 17.2 Å². The lowest BCUT2D eigenvalue weighted by Gasteiger charge is -2.13. The minimum Gasteiger partial charge on any atom is -0.438 e. The molecule has 1 N–H and O–H groups in total. The van der Waals surface area contributed by atoms with Crippen molar-refractivity contribution >= 4 is 11.6 Å². The van der Waals surface area contributed by atoms with Crippen molar-refractivity contribution in [1.29, 1.82) is 0 Å². The molecule has 0 bridgehead atoms. The highest BCUT2D eigenvalue weighted by molar-refractivity contribution is 6.04. The molecule has 0 saturated carbocycles. The zero-order chi connectivity index (χ0) is 21.6. The topological polar surface area (TPSA) is 77.0 Å². The van der Waals surface area contributed by atoms with Gasteiger partial charge in [-0.2, -0.15) is 0 Å². The van der Waals surface area contributed by atoms with Crippen molar-refractivity contribution in [3.63, 3.8) is 0 Å². The van der Waals surface area contributed by atoms with E-state index in [4.69, 9.17) is 4.74 Å². The number of carbonyl (C=O) groups is 1. The number of pyridine rings is 1. The van der Waals surface area contributed by atoms with Gasteiger partial charge in [-0.25, -0.2) is 15.0 Å². The van der Waals surface area contributed by atoms with Crippen LogP contribution >= 0.6 is 0 Å². The predicted octanol–water partition coefficient (Wildman–Crippen LogP) is 5.45. The Balaban J connectivity index is 1.63. The normalized spacial score (nSPS) is 10.5. The zero-order valence-corrected chi connectivity index (χ0v) is 17.4. The van der Waals surface area contributed by atoms with Crippen LogP contribution in [0.3, 0.4) is 0 Å². The Labute approximate surface area is 181 Å². The SMILES string of the molecule is CCc1nccc(-c2cccnc2Oc2cc(C(=O)Nc3ccccc3)ccc2C)n1. The van der Waals surface area contributed by atoms with Crippen molar-refractivity contribution in [1.82, 2.24) is 15.0 Å². The van der Waals surface area contributed by atoms with E-state index in [1.165, 1.54) is 0 Å². The Morgan fingerprint density at radius 3 is 2.61 bits per heavy atom. The van der Waals surface area contributed by atoms with Crippen molar-refractivity contribution in [3.8, 4) is 22.9 Å². The summed E-state index contributed by atoms with van der Waals surface area (Å²) in [4.78, 5) is 25.9. The first-order chi connectivity index (χ1) is 15.1. The highest BCUT2D eigenvalue weighted by atomic mass is 16.5. The van der Waals surface area contributed by atoms with Crippen LogP contribution in [0.1, 0.15) is 28.7 Å². The monoisotopic (exact) mass is 410 g/mol. The van der Waals surface area contributed by atoms with E-state index in [1.807, 2.05) is 68.4 Å². The van der Waals surface area contributed by atoms with Crippen LogP contribution in [0.25, 0.3) is 11.3 Å². The third kappa shape index (κ3) is 4.75. The summed E-state index contributed by atoms with van der Waals surface area (Å²) in [6.45, 7) is 3.94. The van der Waals surface area contributed by atoms with Gasteiger partial charge in [-0.3, -0.25) is 4.79 Å². The van der Waals surface area contributed by atoms with Crippen LogP contribution in [0, 0.1) is 6.92 Å². The van der Waals surface area contributed by atoms with Crippen LogP contribution in [-0.4, -0.2) is 20.9 Å². The van der Waals surface area contributed by atoms with Gasteiger partial charge in [0.2, 0.25) is 5.88 Å². The Morgan fingerprint density at radius 1 is 0.968 bits per heavy atom.